The topological polar surface area (TPSA) is 67.9 Å². The summed E-state index contributed by atoms with van der Waals surface area (Å²) < 4.78 is 10.4. The van der Waals surface area contributed by atoms with Crippen LogP contribution in [0.4, 0.5) is 9.59 Å². The molecule has 2 heterocycles. The third-order valence-corrected chi connectivity index (χ3v) is 3.21. The Labute approximate surface area is 107 Å². The summed E-state index contributed by atoms with van der Waals surface area (Å²) in [5.74, 6) is 0. The molecule has 0 aromatic carbocycles. The van der Waals surface area contributed by atoms with Gasteiger partial charge in [-0.2, -0.15) is 0 Å². The van der Waals surface area contributed by atoms with Gasteiger partial charge in [-0.25, -0.2) is 9.59 Å². The Morgan fingerprint density at radius 1 is 1.50 bits per heavy atom. The second-order valence-corrected chi connectivity index (χ2v) is 6.08. The van der Waals surface area contributed by atoms with Gasteiger partial charge in [0.15, 0.2) is 0 Å². The van der Waals surface area contributed by atoms with E-state index in [2.05, 4.69) is 5.32 Å². The Bertz CT molecular complexity index is 352. The molecule has 1 N–H and O–H groups in total. The minimum atomic E-state index is -0.482. The lowest BCUT2D eigenvalue weighted by atomic mass is 9.87. The van der Waals surface area contributed by atoms with Crippen molar-refractivity contribution >= 4 is 12.2 Å². The Kier molecular flexibility index (Phi) is 3.12. The van der Waals surface area contributed by atoms with Gasteiger partial charge in [-0.3, -0.25) is 0 Å². The zero-order valence-electron chi connectivity index (χ0n) is 11.1. The van der Waals surface area contributed by atoms with Gasteiger partial charge in [-0.15, -0.1) is 0 Å². The number of ether oxygens (including phenoxy) is 2. The number of amides is 2. The van der Waals surface area contributed by atoms with Gasteiger partial charge in [0.05, 0.1) is 0 Å². The molecule has 6 nitrogen and oxygen atoms in total. The van der Waals surface area contributed by atoms with Crippen LogP contribution < -0.4 is 5.32 Å². The van der Waals surface area contributed by atoms with Crippen LogP contribution in [0.3, 0.4) is 0 Å². The Morgan fingerprint density at radius 3 is 2.78 bits per heavy atom. The van der Waals surface area contributed by atoms with Gasteiger partial charge in [0, 0.05) is 25.0 Å². The van der Waals surface area contributed by atoms with Gasteiger partial charge in [-0.05, 0) is 27.2 Å². The molecule has 0 bridgehead atoms. The summed E-state index contributed by atoms with van der Waals surface area (Å²) in [6, 6.07) is 0. The molecule has 1 unspecified atom stereocenters. The molecule has 0 aromatic rings. The van der Waals surface area contributed by atoms with Gasteiger partial charge in [0.25, 0.3) is 0 Å². The predicted octanol–water partition coefficient (Wildman–Crippen LogP) is 1.35. The average molecular weight is 256 g/mol. The molecule has 2 rings (SSSR count). The van der Waals surface area contributed by atoms with E-state index < -0.39 is 5.60 Å². The molecule has 1 atom stereocenters. The number of carbonyl (C=O) groups is 2. The van der Waals surface area contributed by atoms with E-state index in [9.17, 15) is 9.59 Å². The summed E-state index contributed by atoms with van der Waals surface area (Å²) in [5, 5.41) is 2.68. The van der Waals surface area contributed by atoms with E-state index in [1.54, 1.807) is 4.90 Å². The minimum absolute atomic E-state index is 0.148. The Balaban J connectivity index is 1.92. The van der Waals surface area contributed by atoms with Crippen LogP contribution in [0.15, 0.2) is 0 Å². The second kappa shape index (κ2) is 4.33. The monoisotopic (exact) mass is 256 g/mol. The van der Waals surface area contributed by atoms with E-state index >= 15 is 0 Å². The molecule has 0 radical (unpaired) electrons. The zero-order valence-corrected chi connectivity index (χ0v) is 11.1. The fourth-order valence-electron chi connectivity index (χ4n) is 2.26. The first-order chi connectivity index (χ1) is 8.30. The molecule has 2 aliphatic rings. The molecule has 1 spiro atoms. The van der Waals surface area contributed by atoms with Crippen molar-refractivity contribution in [1.29, 1.82) is 0 Å². The highest BCUT2D eigenvalue weighted by atomic mass is 16.6. The molecule has 0 aliphatic carbocycles. The average Bonchev–Trinajstić information content (AvgIpc) is 2.65. The first kappa shape index (κ1) is 13.0. The summed E-state index contributed by atoms with van der Waals surface area (Å²) in [6.07, 6.45) is 0.152. The normalized spacial score (nSPS) is 27.9. The first-order valence-electron chi connectivity index (χ1n) is 6.18. The van der Waals surface area contributed by atoms with Crippen LogP contribution >= 0.6 is 0 Å². The van der Waals surface area contributed by atoms with Gasteiger partial charge in [-0.1, -0.05) is 0 Å². The third-order valence-electron chi connectivity index (χ3n) is 3.21. The molecule has 0 aromatic heterocycles. The summed E-state index contributed by atoms with van der Waals surface area (Å²) >= 11 is 0. The zero-order chi connectivity index (χ0) is 13.4. The van der Waals surface area contributed by atoms with Gasteiger partial charge >= 0.3 is 12.2 Å². The Morgan fingerprint density at radius 2 is 2.22 bits per heavy atom. The van der Waals surface area contributed by atoms with Crippen molar-refractivity contribution in [3.8, 4) is 0 Å². The van der Waals surface area contributed by atoms with E-state index in [1.807, 2.05) is 20.8 Å². The standard InChI is InChI=1S/C12H20N2O4/c1-11(2,3)18-10(16)14-5-4-12(7-14)6-13-9(15)17-8-12/h4-8H2,1-3H3,(H,13,15). The lowest BCUT2D eigenvalue weighted by Crippen LogP contribution is -2.49. The van der Waals surface area contributed by atoms with E-state index in [0.29, 0.717) is 26.2 Å². The highest BCUT2D eigenvalue weighted by Gasteiger charge is 2.44. The molecule has 2 fully saturated rings. The number of carbonyl (C=O) groups excluding carboxylic acids is 2. The number of rotatable bonds is 0. The van der Waals surface area contributed by atoms with Crippen molar-refractivity contribution in [1.82, 2.24) is 10.2 Å². The van der Waals surface area contributed by atoms with E-state index in [1.165, 1.54) is 0 Å². The van der Waals surface area contributed by atoms with E-state index in [0.717, 1.165) is 6.42 Å². The molecule has 102 valence electrons. The van der Waals surface area contributed by atoms with E-state index in [4.69, 9.17) is 9.47 Å². The summed E-state index contributed by atoms with van der Waals surface area (Å²) in [5.41, 5.74) is -0.630. The fourth-order valence-corrected chi connectivity index (χ4v) is 2.26. The Hall–Kier alpha value is -1.46. The summed E-state index contributed by atoms with van der Waals surface area (Å²) in [4.78, 5) is 24.6. The molecule has 2 amide bonds. The van der Waals surface area contributed by atoms with Crippen LogP contribution in [0.2, 0.25) is 0 Å². The minimum Gasteiger partial charge on any atom is -0.449 e. The van der Waals surface area contributed by atoms with Crippen molar-refractivity contribution < 1.29 is 19.1 Å². The lowest BCUT2D eigenvalue weighted by Gasteiger charge is -2.33. The van der Waals surface area contributed by atoms with Crippen molar-refractivity contribution in [3.05, 3.63) is 0 Å². The number of nitrogens with zero attached hydrogens (tertiary/aromatic N) is 1. The number of hydrogen-bond acceptors (Lipinski definition) is 4. The lowest BCUT2D eigenvalue weighted by molar-refractivity contribution is 0.0215. The largest absolute Gasteiger partial charge is 0.449 e. The predicted molar refractivity (Wildman–Crippen MR) is 64.2 cm³/mol. The van der Waals surface area contributed by atoms with Gasteiger partial charge < -0.3 is 19.7 Å². The molecule has 18 heavy (non-hydrogen) atoms. The van der Waals surface area contributed by atoms with Crippen molar-refractivity contribution in [3.63, 3.8) is 0 Å². The first-order valence-corrected chi connectivity index (χ1v) is 6.18. The van der Waals surface area contributed by atoms with Crippen LogP contribution in [-0.4, -0.2) is 48.9 Å². The fraction of sp³-hybridized carbons (Fsp3) is 0.833. The van der Waals surface area contributed by atoms with Gasteiger partial charge in [0.1, 0.15) is 12.2 Å². The molecule has 6 heteroatoms. The summed E-state index contributed by atoms with van der Waals surface area (Å²) in [7, 11) is 0. The maximum atomic E-state index is 11.9. The smallest absolute Gasteiger partial charge is 0.410 e. The van der Waals surface area contributed by atoms with Crippen molar-refractivity contribution in [2.75, 3.05) is 26.2 Å². The number of likely N-dealkylation sites (tertiary alicyclic amines) is 1. The van der Waals surface area contributed by atoms with Crippen LogP contribution in [0.1, 0.15) is 27.2 Å². The van der Waals surface area contributed by atoms with Crippen LogP contribution in [-0.2, 0) is 9.47 Å². The number of alkyl carbamates (subject to hydrolysis) is 1. The summed E-state index contributed by atoms with van der Waals surface area (Å²) in [6.45, 7) is 7.70. The SMILES string of the molecule is CC(C)(C)OC(=O)N1CCC2(CNC(=O)OC2)C1. The molecular formula is C12H20N2O4. The maximum Gasteiger partial charge on any atom is 0.410 e. The van der Waals surface area contributed by atoms with Crippen LogP contribution in [0, 0.1) is 5.41 Å². The number of cyclic esters (lactones) is 1. The number of nitrogens with one attached hydrogen (secondary N) is 1. The number of hydrogen-bond donors (Lipinski definition) is 1. The maximum absolute atomic E-state index is 11.9. The van der Waals surface area contributed by atoms with Crippen LogP contribution in [0.25, 0.3) is 0 Å². The van der Waals surface area contributed by atoms with E-state index in [-0.39, 0.29) is 17.6 Å². The molecule has 2 aliphatic heterocycles. The highest BCUT2D eigenvalue weighted by Crippen LogP contribution is 2.32. The quantitative estimate of drug-likeness (QED) is 0.710. The molecule has 2 saturated heterocycles. The van der Waals surface area contributed by atoms with Gasteiger partial charge in [0.2, 0.25) is 0 Å². The third kappa shape index (κ3) is 2.86. The van der Waals surface area contributed by atoms with Crippen molar-refractivity contribution in [2.24, 2.45) is 5.41 Å². The van der Waals surface area contributed by atoms with Crippen LogP contribution in [0.5, 0.6) is 0 Å². The molecule has 0 saturated carbocycles. The second-order valence-electron chi connectivity index (χ2n) is 6.08. The molecular weight excluding hydrogens is 236 g/mol. The highest BCUT2D eigenvalue weighted by molar-refractivity contribution is 5.70. The van der Waals surface area contributed by atoms with Crippen molar-refractivity contribution in [2.45, 2.75) is 32.8 Å².